The van der Waals surface area contributed by atoms with Gasteiger partial charge in [-0.1, -0.05) is 6.42 Å². The van der Waals surface area contributed by atoms with Gasteiger partial charge in [-0.25, -0.2) is 0 Å². The van der Waals surface area contributed by atoms with E-state index >= 15 is 0 Å². The van der Waals surface area contributed by atoms with E-state index in [0.29, 0.717) is 12.8 Å². The van der Waals surface area contributed by atoms with Gasteiger partial charge in [0.1, 0.15) is 0 Å². The fraction of sp³-hybridized carbons (Fsp3) is 1.00. The van der Waals surface area contributed by atoms with Crippen molar-refractivity contribution >= 4 is 0 Å². The summed E-state index contributed by atoms with van der Waals surface area (Å²) in [5.41, 5.74) is 0. The highest BCUT2D eigenvalue weighted by Crippen LogP contribution is 2.37. The Morgan fingerprint density at radius 1 is 1.18 bits per heavy atom. The maximum atomic E-state index is 12.0. The highest BCUT2D eigenvalue weighted by atomic mass is 19.4. The van der Waals surface area contributed by atoms with Crippen LogP contribution in [0.3, 0.4) is 0 Å². The Bertz CT molecular complexity index is 132. The van der Waals surface area contributed by atoms with Gasteiger partial charge in [0, 0.05) is 0 Å². The van der Waals surface area contributed by atoms with Crippen molar-refractivity contribution in [2.75, 3.05) is 0 Å². The summed E-state index contributed by atoms with van der Waals surface area (Å²) in [6.45, 7) is 0. The molecule has 1 rings (SSSR count). The summed E-state index contributed by atoms with van der Waals surface area (Å²) in [5.74, 6) is -1.27. The molecule has 0 aromatic carbocycles. The lowest BCUT2D eigenvalue weighted by molar-refractivity contribution is -0.189. The molecule has 2 atom stereocenters. The van der Waals surface area contributed by atoms with Crippen LogP contribution in [0, 0.1) is 5.92 Å². The Labute approximate surface area is 63.2 Å². The van der Waals surface area contributed by atoms with Crippen molar-refractivity contribution < 1.29 is 18.3 Å². The second-order valence-electron chi connectivity index (χ2n) is 3.06. The first-order chi connectivity index (χ1) is 5.00. The van der Waals surface area contributed by atoms with E-state index in [1.54, 1.807) is 0 Å². The molecule has 0 heterocycles. The minimum atomic E-state index is -4.11. The van der Waals surface area contributed by atoms with Gasteiger partial charge in [0.15, 0.2) is 0 Å². The van der Waals surface area contributed by atoms with Crippen molar-refractivity contribution in [1.29, 1.82) is 0 Å². The average Bonchev–Trinajstić information content (AvgIpc) is 1.86. The zero-order valence-corrected chi connectivity index (χ0v) is 6.06. The Hall–Kier alpha value is -0.250. The molecule has 0 aromatic rings. The molecule has 0 amide bonds. The molecule has 11 heavy (non-hydrogen) atoms. The molecule has 1 fully saturated rings. The monoisotopic (exact) mass is 168 g/mol. The second kappa shape index (κ2) is 3.01. The summed E-state index contributed by atoms with van der Waals surface area (Å²) in [6, 6.07) is 0. The van der Waals surface area contributed by atoms with Crippen LogP contribution in [-0.2, 0) is 0 Å². The Morgan fingerprint density at radius 2 is 1.82 bits per heavy atom. The Kier molecular flexibility index (Phi) is 2.42. The Balaban J connectivity index is 2.46. The third-order valence-electron chi connectivity index (χ3n) is 2.11. The minimum Gasteiger partial charge on any atom is -0.393 e. The van der Waals surface area contributed by atoms with Gasteiger partial charge in [0.25, 0.3) is 0 Å². The molecule has 0 spiro atoms. The highest BCUT2D eigenvalue weighted by Gasteiger charge is 2.41. The van der Waals surface area contributed by atoms with Crippen molar-refractivity contribution in [3.05, 3.63) is 0 Å². The molecule has 1 nitrogen and oxygen atoms in total. The average molecular weight is 168 g/mol. The fourth-order valence-corrected chi connectivity index (χ4v) is 1.46. The fourth-order valence-electron chi connectivity index (χ4n) is 1.46. The van der Waals surface area contributed by atoms with Crippen LogP contribution in [0.4, 0.5) is 13.2 Å². The maximum Gasteiger partial charge on any atom is 0.391 e. The first-order valence-corrected chi connectivity index (χ1v) is 3.75. The van der Waals surface area contributed by atoms with E-state index < -0.39 is 18.2 Å². The zero-order chi connectivity index (χ0) is 8.48. The largest absolute Gasteiger partial charge is 0.393 e. The quantitative estimate of drug-likeness (QED) is 0.587. The molecular formula is C7H11F3O. The maximum absolute atomic E-state index is 12.0. The van der Waals surface area contributed by atoms with Gasteiger partial charge in [0.2, 0.25) is 0 Å². The molecule has 0 radical (unpaired) electrons. The number of aliphatic hydroxyl groups excluding tert-OH is 1. The third-order valence-corrected chi connectivity index (χ3v) is 2.11. The molecule has 0 unspecified atom stereocenters. The van der Waals surface area contributed by atoms with Gasteiger partial charge in [-0.3, -0.25) is 0 Å². The predicted octanol–water partition coefficient (Wildman–Crippen LogP) is 2.10. The van der Waals surface area contributed by atoms with E-state index in [2.05, 4.69) is 0 Å². The van der Waals surface area contributed by atoms with E-state index in [1.807, 2.05) is 0 Å². The second-order valence-corrected chi connectivity index (χ2v) is 3.06. The molecule has 0 saturated heterocycles. The Morgan fingerprint density at radius 3 is 2.18 bits per heavy atom. The summed E-state index contributed by atoms with van der Waals surface area (Å²) < 4.78 is 36.0. The van der Waals surface area contributed by atoms with Crippen molar-refractivity contribution in [2.45, 2.75) is 38.0 Å². The molecule has 66 valence electrons. The smallest absolute Gasteiger partial charge is 0.391 e. The lowest BCUT2D eigenvalue weighted by Crippen LogP contribution is -2.30. The van der Waals surface area contributed by atoms with Crippen LogP contribution < -0.4 is 0 Å². The lowest BCUT2D eigenvalue weighted by atomic mass is 9.87. The minimum absolute atomic E-state index is 0.108. The van der Waals surface area contributed by atoms with Gasteiger partial charge in [0.05, 0.1) is 12.0 Å². The number of rotatable bonds is 0. The first-order valence-electron chi connectivity index (χ1n) is 3.75. The van der Waals surface area contributed by atoms with Crippen molar-refractivity contribution in [1.82, 2.24) is 0 Å². The predicted molar refractivity (Wildman–Crippen MR) is 34.0 cm³/mol. The standard InChI is InChI=1S/C7H11F3O/c8-7(9,10)5-2-1-3-6(11)4-5/h5-6,11H,1-4H2/t5-,6+/m0/s1. The number of aliphatic hydroxyl groups is 1. The van der Waals surface area contributed by atoms with Gasteiger partial charge in [-0.15, -0.1) is 0 Å². The van der Waals surface area contributed by atoms with Crippen LogP contribution >= 0.6 is 0 Å². The van der Waals surface area contributed by atoms with Gasteiger partial charge < -0.3 is 5.11 Å². The molecule has 1 N–H and O–H groups in total. The van der Waals surface area contributed by atoms with Gasteiger partial charge in [-0.05, 0) is 19.3 Å². The zero-order valence-electron chi connectivity index (χ0n) is 6.06. The summed E-state index contributed by atoms with van der Waals surface area (Å²) >= 11 is 0. The van der Waals surface area contributed by atoms with Crippen LogP contribution in [0.2, 0.25) is 0 Å². The molecule has 1 saturated carbocycles. The van der Waals surface area contributed by atoms with E-state index in [0.717, 1.165) is 0 Å². The van der Waals surface area contributed by atoms with Crippen LogP contribution in [-0.4, -0.2) is 17.4 Å². The number of hydrogen-bond acceptors (Lipinski definition) is 1. The lowest BCUT2D eigenvalue weighted by Gasteiger charge is -2.27. The van der Waals surface area contributed by atoms with E-state index in [-0.39, 0.29) is 12.8 Å². The van der Waals surface area contributed by atoms with Crippen LogP contribution in [0.1, 0.15) is 25.7 Å². The SMILES string of the molecule is O[C@@H]1CCC[C@H](C(F)(F)F)C1. The summed E-state index contributed by atoms with van der Waals surface area (Å²) in [6.07, 6.45) is -3.76. The summed E-state index contributed by atoms with van der Waals surface area (Å²) in [4.78, 5) is 0. The summed E-state index contributed by atoms with van der Waals surface area (Å²) in [5, 5.41) is 8.94. The molecule has 0 aliphatic heterocycles. The van der Waals surface area contributed by atoms with E-state index in [4.69, 9.17) is 5.11 Å². The highest BCUT2D eigenvalue weighted by molar-refractivity contribution is 4.76. The number of hydrogen-bond donors (Lipinski definition) is 1. The van der Waals surface area contributed by atoms with Gasteiger partial charge in [-0.2, -0.15) is 13.2 Å². The normalized spacial score (nSPS) is 33.8. The molecule has 0 bridgehead atoms. The summed E-state index contributed by atoms with van der Waals surface area (Å²) in [7, 11) is 0. The van der Waals surface area contributed by atoms with E-state index in [1.165, 1.54) is 0 Å². The molecule has 0 aromatic heterocycles. The van der Waals surface area contributed by atoms with Crippen molar-refractivity contribution in [2.24, 2.45) is 5.92 Å². The topological polar surface area (TPSA) is 20.2 Å². The van der Waals surface area contributed by atoms with Gasteiger partial charge >= 0.3 is 6.18 Å². The van der Waals surface area contributed by atoms with Crippen molar-refractivity contribution in [3.8, 4) is 0 Å². The van der Waals surface area contributed by atoms with Crippen LogP contribution in [0.25, 0.3) is 0 Å². The molecule has 4 heteroatoms. The van der Waals surface area contributed by atoms with Crippen molar-refractivity contribution in [3.63, 3.8) is 0 Å². The number of halogens is 3. The van der Waals surface area contributed by atoms with Crippen LogP contribution in [0.15, 0.2) is 0 Å². The molecular weight excluding hydrogens is 157 g/mol. The first kappa shape index (κ1) is 8.84. The molecule has 1 aliphatic carbocycles. The number of alkyl halides is 3. The third kappa shape index (κ3) is 2.36. The molecule has 1 aliphatic rings. The van der Waals surface area contributed by atoms with E-state index in [9.17, 15) is 13.2 Å². The van der Waals surface area contributed by atoms with Crippen LogP contribution in [0.5, 0.6) is 0 Å².